The van der Waals surface area contributed by atoms with Crippen LogP contribution in [0.15, 0.2) is 18.2 Å². The molecule has 0 atom stereocenters. The van der Waals surface area contributed by atoms with Crippen molar-refractivity contribution >= 4 is 17.5 Å². The predicted octanol–water partition coefficient (Wildman–Crippen LogP) is 2.94. The number of halogens is 2. The lowest BCUT2D eigenvalue weighted by molar-refractivity contribution is -0.127. The van der Waals surface area contributed by atoms with Gasteiger partial charge in [-0.1, -0.05) is 18.0 Å². The van der Waals surface area contributed by atoms with Crippen molar-refractivity contribution in [2.75, 3.05) is 6.54 Å². The molecule has 1 aromatic carbocycles. The van der Waals surface area contributed by atoms with Gasteiger partial charge in [-0.2, -0.15) is 0 Å². The minimum Gasteiger partial charge on any atom is -0.356 e. The molecule has 0 aliphatic heterocycles. The van der Waals surface area contributed by atoms with Crippen LogP contribution < -0.4 is 5.32 Å². The average molecular weight is 256 g/mol. The Balaban J connectivity index is 1.81. The quantitative estimate of drug-likeness (QED) is 0.881. The highest BCUT2D eigenvalue weighted by molar-refractivity contribution is 6.30. The van der Waals surface area contributed by atoms with E-state index in [-0.39, 0.29) is 17.6 Å². The third-order valence-electron chi connectivity index (χ3n) is 3.18. The number of amides is 1. The van der Waals surface area contributed by atoms with Gasteiger partial charge in [0.1, 0.15) is 5.82 Å². The number of benzene rings is 1. The Hall–Kier alpha value is -1.09. The first kappa shape index (κ1) is 12.4. The molecule has 0 radical (unpaired) electrons. The summed E-state index contributed by atoms with van der Waals surface area (Å²) in [5, 5.41) is 3.35. The first-order valence-electron chi connectivity index (χ1n) is 5.88. The Labute approximate surface area is 105 Å². The smallest absolute Gasteiger partial charge is 0.223 e. The second-order valence-electron chi connectivity index (χ2n) is 4.40. The van der Waals surface area contributed by atoms with E-state index in [0.717, 1.165) is 19.3 Å². The Morgan fingerprint density at radius 1 is 1.47 bits per heavy atom. The van der Waals surface area contributed by atoms with Gasteiger partial charge in [-0.05, 0) is 43.0 Å². The fraction of sp³-hybridized carbons (Fsp3) is 0.462. The maximum absolute atomic E-state index is 13.4. The average Bonchev–Trinajstić information content (AvgIpc) is 2.20. The second kappa shape index (κ2) is 5.50. The van der Waals surface area contributed by atoms with Gasteiger partial charge >= 0.3 is 0 Å². The Bertz CT molecular complexity index is 418. The Morgan fingerprint density at radius 3 is 2.88 bits per heavy atom. The van der Waals surface area contributed by atoms with E-state index in [1.54, 1.807) is 6.07 Å². The van der Waals surface area contributed by atoms with Crippen molar-refractivity contribution in [1.29, 1.82) is 0 Å². The van der Waals surface area contributed by atoms with Crippen LogP contribution in [-0.2, 0) is 11.2 Å². The number of hydrogen-bond donors (Lipinski definition) is 1. The molecule has 2 rings (SSSR count). The lowest BCUT2D eigenvalue weighted by Crippen LogP contribution is -2.35. The van der Waals surface area contributed by atoms with E-state index in [0.29, 0.717) is 23.6 Å². The van der Waals surface area contributed by atoms with Gasteiger partial charge in [0, 0.05) is 17.5 Å². The number of nitrogens with one attached hydrogen (secondary N) is 1. The highest BCUT2D eigenvalue weighted by atomic mass is 35.5. The van der Waals surface area contributed by atoms with Gasteiger partial charge in [0.05, 0.1) is 0 Å². The van der Waals surface area contributed by atoms with E-state index in [9.17, 15) is 9.18 Å². The van der Waals surface area contributed by atoms with Crippen LogP contribution in [-0.4, -0.2) is 12.5 Å². The first-order chi connectivity index (χ1) is 8.16. The first-order valence-corrected chi connectivity index (χ1v) is 6.26. The number of carbonyl (C=O) groups excluding carboxylic acids is 1. The molecule has 0 spiro atoms. The second-order valence-corrected chi connectivity index (χ2v) is 4.84. The third kappa shape index (κ3) is 3.19. The highest BCUT2D eigenvalue weighted by Gasteiger charge is 2.24. The van der Waals surface area contributed by atoms with Crippen LogP contribution in [0.4, 0.5) is 4.39 Å². The van der Waals surface area contributed by atoms with E-state index in [4.69, 9.17) is 11.6 Å². The monoisotopic (exact) mass is 255 g/mol. The zero-order valence-electron chi connectivity index (χ0n) is 9.51. The van der Waals surface area contributed by atoms with E-state index in [1.807, 2.05) is 0 Å². The standard InChI is InChI=1S/C13H15ClFNO/c14-11-4-5-12(15)10(8-11)6-7-16-13(17)9-2-1-3-9/h4-5,8-9H,1-3,6-7H2,(H,16,17). The molecule has 1 aliphatic rings. The normalized spacial score (nSPS) is 15.4. The van der Waals surface area contributed by atoms with E-state index in [2.05, 4.69) is 5.32 Å². The zero-order chi connectivity index (χ0) is 12.3. The van der Waals surface area contributed by atoms with E-state index >= 15 is 0 Å². The van der Waals surface area contributed by atoms with Crippen molar-refractivity contribution < 1.29 is 9.18 Å². The summed E-state index contributed by atoms with van der Waals surface area (Å²) in [5.74, 6) is 0.00480. The van der Waals surface area contributed by atoms with Crippen LogP contribution >= 0.6 is 11.6 Å². The maximum Gasteiger partial charge on any atom is 0.223 e. The molecule has 1 aromatic rings. The van der Waals surface area contributed by atoms with Gasteiger partial charge in [0.2, 0.25) is 5.91 Å². The summed E-state index contributed by atoms with van der Waals surface area (Å²) < 4.78 is 13.4. The van der Waals surface area contributed by atoms with Crippen molar-refractivity contribution in [1.82, 2.24) is 5.32 Å². The third-order valence-corrected chi connectivity index (χ3v) is 3.41. The van der Waals surface area contributed by atoms with Crippen molar-refractivity contribution in [2.24, 2.45) is 5.92 Å². The van der Waals surface area contributed by atoms with E-state index < -0.39 is 0 Å². The summed E-state index contributed by atoms with van der Waals surface area (Å²) in [6.07, 6.45) is 3.58. The maximum atomic E-state index is 13.4. The zero-order valence-corrected chi connectivity index (χ0v) is 10.3. The van der Waals surface area contributed by atoms with Gasteiger partial charge in [-0.25, -0.2) is 4.39 Å². The molecule has 1 fully saturated rings. The topological polar surface area (TPSA) is 29.1 Å². The van der Waals surface area contributed by atoms with Crippen molar-refractivity contribution in [3.63, 3.8) is 0 Å². The largest absolute Gasteiger partial charge is 0.356 e. The number of hydrogen-bond acceptors (Lipinski definition) is 1. The Morgan fingerprint density at radius 2 is 2.24 bits per heavy atom. The summed E-state index contributed by atoms with van der Waals surface area (Å²) in [5.41, 5.74) is 0.548. The van der Waals surface area contributed by atoms with Gasteiger partial charge in [0.15, 0.2) is 0 Å². The lowest BCUT2D eigenvalue weighted by Gasteiger charge is -2.24. The van der Waals surface area contributed by atoms with Crippen molar-refractivity contribution in [3.8, 4) is 0 Å². The summed E-state index contributed by atoms with van der Waals surface area (Å²) in [7, 11) is 0. The molecule has 1 aliphatic carbocycles. The molecule has 1 saturated carbocycles. The molecule has 0 heterocycles. The lowest BCUT2D eigenvalue weighted by atomic mass is 9.85. The van der Waals surface area contributed by atoms with E-state index in [1.165, 1.54) is 12.1 Å². The molecule has 0 bridgehead atoms. The summed E-state index contributed by atoms with van der Waals surface area (Å²) >= 11 is 5.79. The minimum atomic E-state index is -0.271. The van der Waals surface area contributed by atoms with Crippen LogP contribution in [0.25, 0.3) is 0 Å². The van der Waals surface area contributed by atoms with Crippen LogP contribution in [0, 0.1) is 11.7 Å². The molecule has 1 N–H and O–H groups in total. The molecular weight excluding hydrogens is 241 g/mol. The number of carbonyl (C=O) groups is 1. The molecule has 92 valence electrons. The molecule has 0 saturated heterocycles. The molecule has 2 nitrogen and oxygen atoms in total. The van der Waals surface area contributed by atoms with Gasteiger partial charge in [-0.15, -0.1) is 0 Å². The van der Waals surface area contributed by atoms with Gasteiger partial charge < -0.3 is 5.32 Å². The molecule has 1 amide bonds. The number of rotatable bonds is 4. The minimum absolute atomic E-state index is 0.0960. The molecule has 0 unspecified atom stereocenters. The Kier molecular flexibility index (Phi) is 4.00. The van der Waals surface area contributed by atoms with Crippen molar-refractivity contribution in [3.05, 3.63) is 34.6 Å². The highest BCUT2D eigenvalue weighted by Crippen LogP contribution is 2.26. The van der Waals surface area contributed by atoms with Gasteiger partial charge in [0.25, 0.3) is 0 Å². The molecule has 4 heteroatoms. The van der Waals surface area contributed by atoms with Gasteiger partial charge in [-0.3, -0.25) is 4.79 Å². The fourth-order valence-corrected chi connectivity index (χ4v) is 2.06. The van der Waals surface area contributed by atoms with Crippen LogP contribution in [0.3, 0.4) is 0 Å². The fourth-order valence-electron chi connectivity index (χ4n) is 1.87. The summed E-state index contributed by atoms with van der Waals surface area (Å²) in [6, 6.07) is 4.48. The SMILES string of the molecule is O=C(NCCc1cc(Cl)ccc1F)C1CCC1. The molecular formula is C13H15ClFNO. The molecule has 0 aromatic heterocycles. The summed E-state index contributed by atoms with van der Waals surface area (Å²) in [4.78, 5) is 11.5. The van der Waals surface area contributed by atoms with Crippen LogP contribution in [0.1, 0.15) is 24.8 Å². The summed E-state index contributed by atoms with van der Waals surface area (Å²) in [6.45, 7) is 0.465. The molecule has 17 heavy (non-hydrogen) atoms. The predicted molar refractivity (Wildman–Crippen MR) is 65.5 cm³/mol. The van der Waals surface area contributed by atoms with Crippen molar-refractivity contribution in [2.45, 2.75) is 25.7 Å². The van der Waals surface area contributed by atoms with Crippen LogP contribution in [0.2, 0.25) is 5.02 Å². The van der Waals surface area contributed by atoms with Crippen LogP contribution in [0.5, 0.6) is 0 Å².